The molecule has 4 nitrogen and oxygen atoms in total. The van der Waals surface area contributed by atoms with Gasteiger partial charge in [-0.25, -0.2) is 4.79 Å². The zero-order valence-corrected chi connectivity index (χ0v) is 14.2. The molecule has 0 saturated carbocycles. The Hall–Kier alpha value is -1.91. The van der Waals surface area contributed by atoms with Crippen LogP contribution in [-0.4, -0.2) is 19.2 Å². The summed E-state index contributed by atoms with van der Waals surface area (Å²) in [7, 11) is 0. The maximum atomic E-state index is 11.7. The van der Waals surface area contributed by atoms with Gasteiger partial charge in [0.15, 0.2) is 0 Å². The number of halogens is 2. The van der Waals surface area contributed by atoms with Crippen LogP contribution in [0.2, 0.25) is 10.0 Å². The molecule has 2 aromatic rings. The Morgan fingerprint density at radius 2 is 1.91 bits per heavy atom. The summed E-state index contributed by atoms with van der Waals surface area (Å²) in [6.45, 7) is 3.08. The minimum atomic E-state index is -0.263. The molecule has 0 unspecified atom stereocenters. The third-order valence-corrected chi connectivity index (χ3v) is 3.78. The first-order chi connectivity index (χ1) is 11.1. The predicted molar refractivity (Wildman–Crippen MR) is 93.4 cm³/mol. The molecular weight excluding hydrogens is 335 g/mol. The van der Waals surface area contributed by atoms with Crippen molar-refractivity contribution >= 4 is 29.2 Å². The van der Waals surface area contributed by atoms with Crippen LogP contribution in [0.15, 0.2) is 42.5 Å². The van der Waals surface area contributed by atoms with Gasteiger partial charge in [0.25, 0.3) is 0 Å². The van der Waals surface area contributed by atoms with Crippen LogP contribution in [0.4, 0.5) is 4.79 Å². The maximum Gasteiger partial charge on any atom is 0.315 e. The van der Waals surface area contributed by atoms with Crippen LogP contribution >= 0.6 is 23.2 Å². The minimum Gasteiger partial charge on any atom is -0.491 e. The molecule has 0 heterocycles. The maximum absolute atomic E-state index is 11.7. The average Bonchev–Trinajstić information content (AvgIpc) is 2.52. The third kappa shape index (κ3) is 5.66. The second-order valence-electron chi connectivity index (χ2n) is 4.96. The summed E-state index contributed by atoms with van der Waals surface area (Å²) in [6.07, 6.45) is 0. The molecule has 0 bridgehead atoms. The lowest BCUT2D eigenvalue weighted by Crippen LogP contribution is -2.37. The van der Waals surface area contributed by atoms with Gasteiger partial charge in [-0.05, 0) is 42.3 Å². The van der Waals surface area contributed by atoms with Gasteiger partial charge in [0.2, 0.25) is 0 Å². The van der Waals surface area contributed by atoms with Gasteiger partial charge in [0, 0.05) is 16.6 Å². The van der Waals surface area contributed by atoms with E-state index in [0.29, 0.717) is 29.7 Å². The second kappa shape index (κ2) is 8.65. The summed E-state index contributed by atoms with van der Waals surface area (Å²) < 4.78 is 5.60. The highest BCUT2D eigenvalue weighted by atomic mass is 35.5. The van der Waals surface area contributed by atoms with Crippen LogP contribution in [0.5, 0.6) is 5.75 Å². The number of benzene rings is 2. The molecule has 0 spiro atoms. The summed E-state index contributed by atoms with van der Waals surface area (Å²) in [5.41, 5.74) is 1.83. The fraction of sp³-hybridized carbons (Fsp3) is 0.235. The van der Waals surface area contributed by atoms with Crippen molar-refractivity contribution < 1.29 is 9.53 Å². The smallest absolute Gasteiger partial charge is 0.315 e. The fourth-order valence-electron chi connectivity index (χ4n) is 1.98. The van der Waals surface area contributed by atoms with Gasteiger partial charge in [-0.2, -0.15) is 0 Å². The third-order valence-electron chi connectivity index (χ3n) is 3.18. The summed E-state index contributed by atoms with van der Waals surface area (Å²) in [4.78, 5) is 11.7. The second-order valence-corrected chi connectivity index (χ2v) is 5.80. The number of nitrogens with one attached hydrogen (secondary N) is 2. The molecule has 122 valence electrons. The molecule has 2 rings (SSSR count). The molecule has 0 fully saturated rings. The largest absolute Gasteiger partial charge is 0.491 e. The Bertz CT molecular complexity index is 677. The molecule has 0 aromatic heterocycles. The van der Waals surface area contributed by atoms with E-state index in [9.17, 15) is 4.79 Å². The number of hydrogen-bond donors (Lipinski definition) is 2. The van der Waals surface area contributed by atoms with Crippen LogP contribution in [0.3, 0.4) is 0 Å². The highest BCUT2D eigenvalue weighted by Crippen LogP contribution is 2.21. The van der Waals surface area contributed by atoms with Crippen LogP contribution in [-0.2, 0) is 6.54 Å². The molecule has 2 amide bonds. The lowest BCUT2D eigenvalue weighted by Gasteiger charge is -2.11. The molecule has 0 aliphatic heterocycles. The summed E-state index contributed by atoms with van der Waals surface area (Å²) >= 11 is 11.9. The number of carbonyl (C=O) groups excluding carboxylic acids is 1. The lowest BCUT2D eigenvalue weighted by atomic mass is 10.2. The zero-order chi connectivity index (χ0) is 16.7. The summed E-state index contributed by atoms with van der Waals surface area (Å²) in [5.74, 6) is 0.757. The van der Waals surface area contributed by atoms with Gasteiger partial charge in [-0.1, -0.05) is 41.4 Å². The van der Waals surface area contributed by atoms with Gasteiger partial charge in [-0.3, -0.25) is 0 Å². The predicted octanol–water partition coefficient (Wildman–Crippen LogP) is 4.18. The highest BCUT2D eigenvalue weighted by Gasteiger charge is 2.04. The van der Waals surface area contributed by atoms with Crippen LogP contribution in [0.25, 0.3) is 0 Å². The topological polar surface area (TPSA) is 50.4 Å². The number of amides is 2. The Morgan fingerprint density at radius 3 is 2.65 bits per heavy atom. The van der Waals surface area contributed by atoms with E-state index in [0.717, 1.165) is 16.9 Å². The lowest BCUT2D eigenvalue weighted by molar-refractivity contribution is 0.236. The van der Waals surface area contributed by atoms with E-state index in [2.05, 4.69) is 10.6 Å². The van der Waals surface area contributed by atoms with E-state index in [4.69, 9.17) is 27.9 Å². The zero-order valence-electron chi connectivity index (χ0n) is 12.7. The SMILES string of the molecule is Cc1cc(Cl)ccc1OCCNC(=O)NCc1ccccc1Cl. The van der Waals surface area contributed by atoms with Crippen molar-refractivity contribution in [3.8, 4) is 5.75 Å². The van der Waals surface area contributed by atoms with E-state index < -0.39 is 0 Å². The molecule has 0 aliphatic carbocycles. The van der Waals surface area contributed by atoms with E-state index in [1.807, 2.05) is 37.3 Å². The van der Waals surface area contributed by atoms with Gasteiger partial charge >= 0.3 is 6.03 Å². The molecule has 6 heteroatoms. The molecule has 2 aromatic carbocycles. The molecular formula is C17H18Cl2N2O2. The van der Waals surface area contributed by atoms with Gasteiger partial charge in [0.1, 0.15) is 12.4 Å². The van der Waals surface area contributed by atoms with Gasteiger partial charge < -0.3 is 15.4 Å². The first kappa shape index (κ1) is 17.4. The van der Waals surface area contributed by atoms with E-state index >= 15 is 0 Å². The van der Waals surface area contributed by atoms with Gasteiger partial charge in [0.05, 0.1) is 6.54 Å². The van der Waals surface area contributed by atoms with Crippen LogP contribution in [0, 0.1) is 6.92 Å². The van der Waals surface area contributed by atoms with E-state index in [1.165, 1.54) is 0 Å². The average molecular weight is 353 g/mol. The minimum absolute atomic E-state index is 0.263. The fourth-order valence-corrected chi connectivity index (χ4v) is 2.41. The quantitative estimate of drug-likeness (QED) is 0.766. The van der Waals surface area contributed by atoms with Gasteiger partial charge in [-0.15, -0.1) is 0 Å². The molecule has 2 N–H and O–H groups in total. The number of aryl methyl sites for hydroxylation is 1. The number of hydrogen-bond acceptors (Lipinski definition) is 2. The number of ether oxygens (including phenoxy) is 1. The molecule has 23 heavy (non-hydrogen) atoms. The van der Waals surface area contributed by atoms with Crippen molar-refractivity contribution in [1.82, 2.24) is 10.6 Å². The Labute approximate surface area is 145 Å². The Morgan fingerprint density at radius 1 is 1.13 bits per heavy atom. The standard InChI is InChI=1S/C17H18Cl2N2O2/c1-12-10-14(18)6-7-16(12)23-9-8-20-17(22)21-11-13-4-2-3-5-15(13)19/h2-7,10H,8-9,11H2,1H3,(H2,20,21,22). The van der Waals surface area contributed by atoms with Crippen molar-refractivity contribution in [2.45, 2.75) is 13.5 Å². The summed E-state index contributed by atoms with van der Waals surface area (Å²) in [6, 6.07) is 12.5. The monoisotopic (exact) mass is 352 g/mol. The molecule has 0 saturated heterocycles. The van der Waals surface area contributed by atoms with E-state index in [1.54, 1.807) is 12.1 Å². The Kier molecular flexibility index (Phi) is 6.56. The van der Waals surface area contributed by atoms with Crippen molar-refractivity contribution in [2.24, 2.45) is 0 Å². The van der Waals surface area contributed by atoms with Crippen molar-refractivity contribution in [2.75, 3.05) is 13.2 Å². The number of urea groups is 1. The van der Waals surface area contributed by atoms with Crippen LogP contribution < -0.4 is 15.4 Å². The molecule has 0 aliphatic rings. The van der Waals surface area contributed by atoms with Crippen molar-refractivity contribution in [1.29, 1.82) is 0 Å². The van der Waals surface area contributed by atoms with Crippen LogP contribution in [0.1, 0.15) is 11.1 Å². The molecule has 0 radical (unpaired) electrons. The van der Waals surface area contributed by atoms with Crippen molar-refractivity contribution in [3.63, 3.8) is 0 Å². The molecule has 0 atom stereocenters. The first-order valence-corrected chi connectivity index (χ1v) is 7.96. The Balaban J connectivity index is 1.68. The summed E-state index contributed by atoms with van der Waals surface area (Å²) in [5, 5.41) is 6.79. The van der Waals surface area contributed by atoms with E-state index in [-0.39, 0.29) is 6.03 Å². The first-order valence-electron chi connectivity index (χ1n) is 7.20. The number of rotatable bonds is 6. The highest BCUT2D eigenvalue weighted by molar-refractivity contribution is 6.31. The number of carbonyl (C=O) groups is 1. The normalized spacial score (nSPS) is 10.2. The van der Waals surface area contributed by atoms with Crippen molar-refractivity contribution in [3.05, 3.63) is 63.6 Å².